The number of hydrogen-bond acceptors (Lipinski definition) is 7. The maximum absolute atomic E-state index is 13.2. The van der Waals surface area contributed by atoms with Crippen LogP contribution in [-0.2, 0) is 4.79 Å². The number of hydrogen-bond donors (Lipinski definition) is 0. The molecule has 0 radical (unpaired) electrons. The van der Waals surface area contributed by atoms with E-state index < -0.39 is 0 Å². The van der Waals surface area contributed by atoms with Gasteiger partial charge in [0.15, 0.2) is 16.6 Å². The maximum atomic E-state index is 13.2. The number of anilines is 1. The number of aromatic nitrogens is 1. The summed E-state index contributed by atoms with van der Waals surface area (Å²) < 4.78 is 16.2. The molecular weight excluding hydrogens is 402 g/mol. The minimum atomic E-state index is -0.252. The topological polar surface area (TPSA) is 73.2 Å². The van der Waals surface area contributed by atoms with Gasteiger partial charge >= 0.3 is 0 Å². The predicted octanol–water partition coefficient (Wildman–Crippen LogP) is 4.00. The molecule has 7 nitrogen and oxygen atoms in total. The Balaban J connectivity index is 1.82. The van der Waals surface area contributed by atoms with Crippen LogP contribution in [0.1, 0.15) is 11.1 Å². The average Bonchev–Trinajstić information content (AvgIpc) is 3.42. The highest BCUT2D eigenvalue weighted by Gasteiger charge is 2.34. The van der Waals surface area contributed by atoms with Gasteiger partial charge in [-0.15, -0.1) is 11.3 Å². The lowest BCUT2D eigenvalue weighted by Crippen LogP contribution is -2.32. The second-order valence-electron chi connectivity index (χ2n) is 6.24. The van der Waals surface area contributed by atoms with Gasteiger partial charge in [-0.25, -0.2) is 14.9 Å². The van der Waals surface area contributed by atoms with E-state index in [4.69, 9.17) is 14.2 Å². The van der Waals surface area contributed by atoms with E-state index in [-0.39, 0.29) is 5.91 Å². The summed E-state index contributed by atoms with van der Waals surface area (Å²) in [6.45, 7) is 0. The molecule has 1 aliphatic heterocycles. The minimum absolute atomic E-state index is 0.252. The molecule has 0 fully saturated rings. The van der Waals surface area contributed by atoms with Crippen LogP contribution in [0.25, 0.3) is 6.08 Å². The summed E-state index contributed by atoms with van der Waals surface area (Å²) in [6.07, 6.45) is 3.36. The van der Waals surface area contributed by atoms with Crippen LogP contribution < -0.4 is 19.1 Å². The zero-order valence-corrected chi connectivity index (χ0v) is 17.5. The van der Waals surface area contributed by atoms with E-state index in [1.54, 1.807) is 45.7 Å². The first-order valence-electron chi connectivity index (χ1n) is 9.06. The third kappa shape index (κ3) is 3.53. The van der Waals surface area contributed by atoms with Gasteiger partial charge in [-0.05, 0) is 23.8 Å². The first kappa shape index (κ1) is 19.7. The number of ether oxygens (including phenoxy) is 3. The normalized spacial score (nSPS) is 14.8. The number of methoxy groups -OCH3 is 3. The molecule has 0 bridgehead atoms. The molecule has 4 rings (SSSR count). The summed E-state index contributed by atoms with van der Waals surface area (Å²) in [5.41, 5.74) is 1.82. The molecule has 0 atom stereocenters. The van der Waals surface area contributed by atoms with Crippen molar-refractivity contribution in [3.63, 3.8) is 0 Å². The fraction of sp³-hybridized carbons (Fsp3) is 0.136. The highest BCUT2D eigenvalue weighted by molar-refractivity contribution is 7.14. The van der Waals surface area contributed by atoms with Crippen molar-refractivity contribution in [2.75, 3.05) is 26.2 Å². The summed E-state index contributed by atoms with van der Waals surface area (Å²) in [6, 6.07) is 13.1. The predicted molar refractivity (Wildman–Crippen MR) is 117 cm³/mol. The molecule has 152 valence electrons. The van der Waals surface area contributed by atoms with Crippen molar-refractivity contribution in [3.05, 3.63) is 70.9 Å². The number of rotatable bonds is 6. The standard InChI is InChI=1S/C22H19N3O4S/c1-27-17-12-14(13-18(28-2)19(17)29-3)11-16-21(26)25(22-23-9-10-30-22)20(24-16)15-7-5-4-6-8-15/h4-13H,1-3H3. The van der Waals surface area contributed by atoms with E-state index >= 15 is 0 Å². The van der Waals surface area contributed by atoms with Crippen molar-refractivity contribution >= 4 is 34.3 Å². The van der Waals surface area contributed by atoms with Gasteiger partial charge in [0.25, 0.3) is 5.91 Å². The Morgan fingerprint density at radius 2 is 1.70 bits per heavy atom. The van der Waals surface area contributed by atoms with Gasteiger partial charge in [0, 0.05) is 17.1 Å². The zero-order chi connectivity index (χ0) is 21.1. The molecule has 0 saturated carbocycles. The van der Waals surface area contributed by atoms with Crippen molar-refractivity contribution in [3.8, 4) is 17.2 Å². The van der Waals surface area contributed by atoms with Gasteiger partial charge in [0.1, 0.15) is 11.5 Å². The highest BCUT2D eigenvalue weighted by Crippen LogP contribution is 2.39. The van der Waals surface area contributed by atoms with Crippen LogP contribution >= 0.6 is 11.3 Å². The molecule has 0 aliphatic carbocycles. The summed E-state index contributed by atoms with van der Waals surface area (Å²) in [5.74, 6) is 1.76. The molecule has 1 amide bonds. The Labute approximate surface area is 177 Å². The van der Waals surface area contributed by atoms with Crippen LogP contribution in [0.4, 0.5) is 5.13 Å². The maximum Gasteiger partial charge on any atom is 0.284 e. The van der Waals surface area contributed by atoms with Gasteiger partial charge < -0.3 is 14.2 Å². The van der Waals surface area contributed by atoms with E-state index in [0.717, 1.165) is 5.56 Å². The monoisotopic (exact) mass is 421 g/mol. The zero-order valence-electron chi connectivity index (χ0n) is 16.7. The summed E-state index contributed by atoms with van der Waals surface area (Å²) in [4.78, 5) is 23.7. The van der Waals surface area contributed by atoms with Gasteiger partial charge in [-0.2, -0.15) is 0 Å². The molecule has 8 heteroatoms. The van der Waals surface area contributed by atoms with Gasteiger partial charge in [-0.1, -0.05) is 30.3 Å². The van der Waals surface area contributed by atoms with E-state index in [9.17, 15) is 4.79 Å². The van der Waals surface area contributed by atoms with Gasteiger partial charge in [-0.3, -0.25) is 4.79 Å². The molecule has 0 spiro atoms. The Morgan fingerprint density at radius 3 is 2.27 bits per heavy atom. The largest absolute Gasteiger partial charge is 0.493 e. The van der Waals surface area contributed by atoms with E-state index in [1.165, 1.54) is 16.2 Å². The average molecular weight is 421 g/mol. The number of thiazole rings is 1. The summed E-state index contributed by atoms with van der Waals surface area (Å²) >= 11 is 1.38. The SMILES string of the molecule is COc1cc(C=C2N=C(c3ccccc3)N(c3nccs3)C2=O)cc(OC)c1OC. The fourth-order valence-electron chi connectivity index (χ4n) is 3.14. The minimum Gasteiger partial charge on any atom is -0.493 e. The Kier molecular flexibility index (Phi) is 5.49. The van der Waals surface area contributed by atoms with Crippen molar-refractivity contribution in [2.45, 2.75) is 0 Å². The third-order valence-electron chi connectivity index (χ3n) is 4.49. The van der Waals surface area contributed by atoms with Crippen LogP contribution in [0.3, 0.4) is 0 Å². The highest BCUT2D eigenvalue weighted by atomic mass is 32.1. The molecule has 1 aromatic heterocycles. The van der Waals surface area contributed by atoms with E-state index in [0.29, 0.717) is 39.5 Å². The van der Waals surface area contributed by atoms with Crippen LogP contribution in [0.15, 0.2) is 64.7 Å². The van der Waals surface area contributed by atoms with Crippen LogP contribution in [0.2, 0.25) is 0 Å². The summed E-state index contributed by atoms with van der Waals surface area (Å²) in [7, 11) is 4.64. The molecule has 0 saturated heterocycles. The number of carbonyl (C=O) groups excluding carboxylic acids is 1. The molecule has 3 aromatic rings. The second kappa shape index (κ2) is 8.38. The first-order chi connectivity index (χ1) is 14.7. The number of amides is 1. The van der Waals surface area contributed by atoms with Crippen molar-refractivity contribution < 1.29 is 19.0 Å². The molecular formula is C22H19N3O4S. The molecule has 0 unspecified atom stereocenters. The lowest BCUT2D eigenvalue weighted by Gasteiger charge is -2.15. The van der Waals surface area contributed by atoms with Gasteiger partial charge in [0.2, 0.25) is 5.75 Å². The van der Waals surface area contributed by atoms with Gasteiger partial charge in [0.05, 0.1) is 21.3 Å². The van der Waals surface area contributed by atoms with Crippen molar-refractivity contribution in [1.29, 1.82) is 0 Å². The smallest absolute Gasteiger partial charge is 0.284 e. The third-order valence-corrected chi connectivity index (χ3v) is 5.25. The molecule has 2 aromatic carbocycles. The van der Waals surface area contributed by atoms with Crippen LogP contribution in [-0.4, -0.2) is 38.1 Å². The number of carbonyl (C=O) groups is 1. The second-order valence-corrected chi connectivity index (χ2v) is 7.12. The van der Waals surface area contributed by atoms with Crippen molar-refractivity contribution in [2.24, 2.45) is 4.99 Å². The lowest BCUT2D eigenvalue weighted by molar-refractivity contribution is -0.113. The lowest BCUT2D eigenvalue weighted by atomic mass is 10.1. The van der Waals surface area contributed by atoms with Crippen molar-refractivity contribution in [1.82, 2.24) is 4.98 Å². The summed E-state index contributed by atoms with van der Waals surface area (Å²) in [5, 5.41) is 2.39. The van der Waals surface area contributed by atoms with Crippen LogP contribution in [0.5, 0.6) is 17.2 Å². The molecule has 0 N–H and O–H groups in total. The van der Waals surface area contributed by atoms with Crippen LogP contribution in [0, 0.1) is 0 Å². The molecule has 30 heavy (non-hydrogen) atoms. The number of amidine groups is 1. The Bertz CT molecular complexity index is 1100. The Morgan fingerprint density at radius 1 is 1.00 bits per heavy atom. The first-order valence-corrected chi connectivity index (χ1v) is 9.94. The number of nitrogens with zero attached hydrogens (tertiary/aromatic N) is 3. The van der Waals surface area contributed by atoms with E-state index in [2.05, 4.69) is 9.98 Å². The number of benzene rings is 2. The Hall–Kier alpha value is -3.65. The quantitative estimate of drug-likeness (QED) is 0.563. The fourth-order valence-corrected chi connectivity index (χ4v) is 3.78. The van der Waals surface area contributed by atoms with E-state index in [1.807, 2.05) is 35.7 Å². The number of aliphatic imine (C=N–C) groups is 1. The molecule has 2 heterocycles. The molecule has 1 aliphatic rings.